The van der Waals surface area contributed by atoms with Crippen molar-refractivity contribution in [3.63, 3.8) is 0 Å². The van der Waals surface area contributed by atoms with Gasteiger partial charge < -0.3 is 9.97 Å². The number of hydrogen-bond acceptors (Lipinski definition) is 2. The molecule has 1 aliphatic heterocycles. The number of fused-ring (bicyclic) bond motifs is 4. The van der Waals surface area contributed by atoms with Crippen LogP contribution >= 0.6 is 12.4 Å². The fourth-order valence-electron chi connectivity index (χ4n) is 4.02. The molecule has 4 aromatic rings. The Morgan fingerprint density at radius 3 is 2.78 bits per heavy atom. The number of aromatic nitrogens is 3. The molecule has 0 fully saturated rings. The van der Waals surface area contributed by atoms with Crippen LogP contribution in [0.5, 0.6) is 0 Å². The molecule has 7 heteroatoms. The maximum absolute atomic E-state index is 14.0. The second-order valence-electron chi connectivity index (χ2n) is 6.87. The van der Waals surface area contributed by atoms with Gasteiger partial charge in [0.15, 0.2) is 0 Å². The van der Waals surface area contributed by atoms with E-state index in [1.807, 2.05) is 30.3 Å². The standard InChI is InChI=1S/C20H19FN4O.ClH/c21-15-5-3-4-13-14-12-24(9-8-16(14)22-19(13)15)10-11-25-18-7-2-1-6-17(18)23-20(25)26;/h1-7,22H,8-12H2,(H,23,26);1H. The minimum atomic E-state index is -0.200. The molecule has 0 radical (unpaired) electrons. The number of imidazole rings is 1. The minimum Gasteiger partial charge on any atom is -0.356 e. The number of rotatable bonds is 3. The van der Waals surface area contributed by atoms with Gasteiger partial charge in [-0.3, -0.25) is 9.47 Å². The van der Waals surface area contributed by atoms with E-state index < -0.39 is 0 Å². The zero-order valence-electron chi connectivity index (χ0n) is 14.7. The van der Waals surface area contributed by atoms with Crippen LogP contribution in [0.2, 0.25) is 0 Å². The molecule has 3 heterocycles. The van der Waals surface area contributed by atoms with Gasteiger partial charge in [0.05, 0.1) is 16.6 Å². The lowest BCUT2D eigenvalue weighted by Crippen LogP contribution is -2.34. The Labute approximate surface area is 161 Å². The van der Waals surface area contributed by atoms with E-state index in [9.17, 15) is 9.18 Å². The Morgan fingerprint density at radius 2 is 1.89 bits per heavy atom. The summed E-state index contributed by atoms with van der Waals surface area (Å²) in [6.45, 7) is 3.09. The summed E-state index contributed by atoms with van der Waals surface area (Å²) in [6, 6.07) is 13.0. The normalized spacial score (nSPS) is 14.4. The number of aromatic amines is 2. The number of benzene rings is 2. The van der Waals surface area contributed by atoms with Crippen LogP contribution in [0, 0.1) is 5.82 Å². The highest BCUT2D eigenvalue weighted by Crippen LogP contribution is 2.29. The summed E-state index contributed by atoms with van der Waals surface area (Å²) in [5.74, 6) is -0.200. The Hall–Kier alpha value is -2.57. The number of para-hydroxylation sites is 3. The Kier molecular flexibility index (Phi) is 4.53. The average Bonchev–Trinajstić information content (AvgIpc) is 3.18. The Balaban J connectivity index is 0.00000180. The lowest BCUT2D eigenvalue weighted by molar-refractivity contribution is 0.244. The number of halogens is 2. The zero-order valence-corrected chi connectivity index (χ0v) is 15.5. The van der Waals surface area contributed by atoms with Crippen LogP contribution < -0.4 is 5.69 Å². The zero-order chi connectivity index (χ0) is 17.7. The first-order valence-electron chi connectivity index (χ1n) is 8.88. The Bertz CT molecular complexity index is 1180. The average molecular weight is 387 g/mol. The predicted octanol–water partition coefficient (Wildman–Crippen LogP) is 3.43. The van der Waals surface area contributed by atoms with Crippen LogP contribution in [0.3, 0.4) is 0 Å². The molecular formula is C20H20ClFN4O. The molecule has 0 bridgehead atoms. The maximum atomic E-state index is 14.0. The molecule has 1 aliphatic rings. The van der Waals surface area contributed by atoms with E-state index in [0.29, 0.717) is 12.1 Å². The summed E-state index contributed by atoms with van der Waals surface area (Å²) >= 11 is 0. The highest BCUT2D eigenvalue weighted by molar-refractivity contribution is 5.85. The molecule has 0 aliphatic carbocycles. The fourth-order valence-corrected chi connectivity index (χ4v) is 4.02. The van der Waals surface area contributed by atoms with E-state index in [0.717, 1.165) is 48.2 Å². The van der Waals surface area contributed by atoms with Gasteiger partial charge in [0.1, 0.15) is 5.82 Å². The van der Waals surface area contributed by atoms with Crippen molar-refractivity contribution in [1.82, 2.24) is 19.4 Å². The second kappa shape index (κ2) is 6.87. The molecule has 140 valence electrons. The van der Waals surface area contributed by atoms with E-state index in [1.54, 1.807) is 10.6 Å². The van der Waals surface area contributed by atoms with Crippen molar-refractivity contribution in [2.24, 2.45) is 0 Å². The maximum Gasteiger partial charge on any atom is 0.326 e. The molecule has 5 rings (SSSR count). The van der Waals surface area contributed by atoms with Gasteiger partial charge in [0.2, 0.25) is 0 Å². The third kappa shape index (κ3) is 2.95. The summed E-state index contributed by atoms with van der Waals surface area (Å²) in [5.41, 5.74) is 4.64. The quantitative estimate of drug-likeness (QED) is 0.566. The molecular weight excluding hydrogens is 367 g/mol. The fraction of sp³-hybridized carbons (Fsp3) is 0.250. The summed E-state index contributed by atoms with van der Waals surface area (Å²) in [5, 5.41) is 0.967. The minimum absolute atomic E-state index is 0. The molecule has 27 heavy (non-hydrogen) atoms. The van der Waals surface area contributed by atoms with Gasteiger partial charge in [-0.25, -0.2) is 9.18 Å². The summed E-state index contributed by atoms with van der Waals surface area (Å²) in [4.78, 5) is 20.7. The second-order valence-corrected chi connectivity index (χ2v) is 6.87. The van der Waals surface area contributed by atoms with Crippen molar-refractivity contribution in [2.75, 3.05) is 13.1 Å². The van der Waals surface area contributed by atoms with Crippen molar-refractivity contribution >= 4 is 34.3 Å². The van der Waals surface area contributed by atoms with E-state index in [1.165, 1.54) is 11.6 Å². The van der Waals surface area contributed by atoms with Gasteiger partial charge in [-0.1, -0.05) is 24.3 Å². The molecule has 0 amide bonds. The SMILES string of the molecule is Cl.O=c1[nH]c2ccccc2n1CCN1CCc2[nH]c3c(F)cccc3c2C1. The predicted molar refractivity (Wildman–Crippen MR) is 107 cm³/mol. The smallest absolute Gasteiger partial charge is 0.326 e. The molecule has 0 unspecified atom stereocenters. The van der Waals surface area contributed by atoms with Crippen molar-refractivity contribution in [1.29, 1.82) is 0 Å². The first-order chi connectivity index (χ1) is 12.7. The first kappa shape index (κ1) is 17.8. The van der Waals surface area contributed by atoms with Gasteiger partial charge >= 0.3 is 5.69 Å². The van der Waals surface area contributed by atoms with Crippen molar-refractivity contribution in [2.45, 2.75) is 19.5 Å². The highest BCUT2D eigenvalue weighted by Gasteiger charge is 2.21. The largest absolute Gasteiger partial charge is 0.356 e. The topological polar surface area (TPSA) is 56.8 Å². The third-order valence-electron chi connectivity index (χ3n) is 5.36. The number of nitrogens with one attached hydrogen (secondary N) is 2. The molecule has 2 N–H and O–H groups in total. The van der Waals surface area contributed by atoms with E-state index >= 15 is 0 Å². The summed E-state index contributed by atoms with van der Waals surface area (Å²) < 4.78 is 15.8. The van der Waals surface area contributed by atoms with Crippen LogP contribution in [-0.4, -0.2) is 32.5 Å². The number of H-pyrrole nitrogens is 2. The molecule has 0 saturated heterocycles. The summed E-state index contributed by atoms with van der Waals surface area (Å²) in [6.07, 6.45) is 0.867. The van der Waals surface area contributed by atoms with E-state index in [2.05, 4.69) is 14.9 Å². The summed E-state index contributed by atoms with van der Waals surface area (Å²) in [7, 11) is 0. The third-order valence-corrected chi connectivity index (χ3v) is 5.36. The van der Waals surface area contributed by atoms with Crippen LogP contribution in [0.4, 0.5) is 4.39 Å². The molecule has 0 saturated carbocycles. The lowest BCUT2D eigenvalue weighted by Gasteiger charge is -2.27. The molecule has 5 nitrogen and oxygen atoms in total. The van der Waals surface area contributed by atoms with Gasteiger partial charge in [-0.05, 0) is 23.8 Å². The van der Waals surface area contributed by atoms with Gasteiger partial charge in [0, 0.05) is 43.7 Å². The van der Waals surface area contributed by atoms with Gasteiger partial charge in [0.25, 0.3) is 0 Å². The number of hydrogen-bond donors (Lipinski definition) is 2. The molecule has 0 spiro atoms. The van der Waals surface area contributed by atoms with E-state index in [4.69, 9.17) is 0 Å². The number of nitrogens with zero attached hydrogens (tertiary/aromatic N) is 2. The lowest BCUT2D eigenvalue weighted by atomic mass is 10.0. The Morgan fingerprint density at radius 1 is 1.04 bits per heavy atom. The monoisotopic (exact) mass is 386 g/mol. The highest BCUT2D eigenvalue weighted by atomic mass is 35.5. The van der Waals surface area contributed by atoms with Gasteiger partial charge in [-0.15, -0.1) is 12.4 Å². The first-order valence-corrected chi connectivity index (χ1v) is 8.88. The van der Waals surface area contributed by atoms with Crippen LogP contribution in [0.1, 0.15) is 11.3 Å². The van der Waals surface area contributed by atoms with Gasteiger partial charge in [-0.2, -0.15) is 0 Å². The van der Waals surface area contributed by atoms with Crippen molar-refractivity contribution in [3.8, 4) is 0 Å². The van der Waals surface area contributed by atoms with Crippen LogP contribution in [0.25, 0.3) is 21.9 Å². The molecule has 2 aromatic heterocycles. The van der Waals surface area contributed by atoms with E-state index in [-0.39, 0.29) is 23.9 Å². The van der Waals surface area contributed by atoms with Crippen molar-refractivity contribution in [3.05, 3.63) is 70.0 Å². The van der Waals surface area contributed by atoms with Crippen molar-refractivity contribution < 1.29 is 4.39 Å². The molecule has 0 atom stereocenters. The van der Waals surface area contributed by atoms with Crippen LogP contribution in [0.15, 0.2) is 47.3 Å². The molecule has 2 aromatic carbocycles. The van der Waals surface area contributed by atoms with Crippen LogP contribution in [-0.2, 0) is 19.5 Å².